The van der Waals surface area contributed by atoms with Crippen LogP contribution in [0.5, 0.6) is 0 Å². The molecule has 1 aliphatic heterocycles. The van der Waals surface area contributed by atoms with E-state index in [0.29, 0.717) is 0 Å². The van der Waals surface area contributed by atoms with Crippen LogP contribution in [0.1, 0.15) is 259 Å². The van der Waals surface area contributed by atoms with Gasteiger partial charge in [0.1, 0.15) is 0 Å². The van der Waals surface area contributed by atoms with Gasteiger partial charge >= 0.3 is 11.9 Å². The molecule has 0 N–H and O–H groups in total. The van der Waals surface area contributed by atoms with Crippen molar-refractivity contribution in [2.24, 2.45) is 10.8 Å². The Morgan fingerprint density at radius 2 is 0.468 bits per heavy atom. The van der Waals surface area contributed by atoms with Crippen molar-refractivity contribution in [1.82, 2.24) is 0 Å². The van der Waals surface area contributed by atoms with Crippen molar-refractivity contribution in [3.8, 4) is 0 Å². The Hall–Kier alpha value is -0.860. The van der Waals surface area contributed by atoms with Crippen LogP contribution in [-0.2, 0) is 14.3 Å². The van der Waals surface area contributed by atoms with Crippen LogP contribution in [0, 0.1) is 10.8 Å². The Morgan fingerprint density at radius 1 is 0.298 bits per heavy atom. The minimum Gasteiger partial charge on any atom is -0.392 e. The van der Waals surface area contributed by atoms with Gasteiger partial charge in [-0.3, -0.25) is 9.59 Å². The van der Waals surface area contributed by atoms with Gasteiger partial charge in [0.2, 0.25) is 0 Å². The van der Waals surface area contributed by atoms with Crippen LogP contribution in [0.3, 0.4) is 0 Å². The van der Waals surface area contributed by atoms with E-state index in [1.54, 1.807) is 0 Å². The molecule has 0 spiro atoms. The van der Waals surface area contributed by atoms with E-state index in [1.807, 2.05) is 0 Å². The van der Waals surface area contributed by atoms with Crippen molar-refractivity contribution in [3.05, 3.63) is 0 Å². The second-order valence-electron chi connectivity index (χ2n) is 15.7. The molecule has 0 aromatic rings. The van der Waals surface area contributed by atoms with Gasteiger partial charge in [0, 0.05) is 0 Å². The lowest BCUT2D eigenvalue weighted by Crippen LogP contribution is -2.45. The number of hydrogen-bond acceptors (Lipinski definition) is 3. The minimum absolute atomic E-state index is 0.146. The molecule has 0 amide bonds. The third kappa shape index (κ3) is 18.1. The fourth-order valence-corrected chi connectivity index (χ4v) is 8.53. The molecule has 0 bridgehead atoms. The number of cyclic esters (lactones) is 2. The topological polar surface area (TPSA) is 43.4 Å². The Morgan fingerprint density at radius 3 is 0.660 bits per heavy atom. The molecule has 0 aromatic heterocycles. The van der Waals surface area contributed by atoms with Crippen LogP contribution in [-0.4, -0.2) is 11.9 Å². The monoisotopic (exact) mass is 661 g/mol. The Labute approximate surface area is 295 Å². The number of hydrogen-bond donors (Lipinski definition) is 0. The van der Waals surface area contributed by atoms with E-state index in [9.17, 15) is 9.59 Å². The van der Waals surface area contributed by atoms with Crippen LogP contribution < -0.4 is 0 Å². The van der Waals surface area contributed by atoms with Crippen molar-refractivity contribution in [1.29, 1.82) is 0 Å². The second kappa shape index (κ2) is 30.0. The summed E-state index contributed by atoms with van der Waals surface area (Å²) < 4.78 is 5.81. The number of rotatable bonds is 36. The summed E-state index contributed by atoms with van der Waals surface area (Å²) in [6, 6.07) is 0. The lowest BCUT2D eigenvalue weighted by atomic mass is 9.56. The molecule has 0 unspecified atom stereocenters. The first-order valence-corrected chi connectivity index (χ1v) is 21.8. The molecule has 1 fully saturated rings. The highest BCUT2D eigenvalue weighted by Crippen LogP contribution is 2.59. The SMILES string of the molecule is CCCCCCCCCCC1(CCCCCCCCCC)C(=O)OC(=O)C1(CCCCCCCCCC)CCCCCCCCCC. The van der Waals surface area contributed by atoms with Crippen molar-refractivity contribution in [2.75, 3.05) is 0 Å². The fraction of sp³-hybridized carbons (Fsp3) is 0.955. The van der Waals surface area contributed by atoms with Gasteiger partial charge in [0.05, 0.1) is 10.8 Å². The van der Waals surface area contributed by atoms with Crippen LogP contribution in [0.25, 0.3) is 0 Å². The molecule has 0 radical (unpaired) electrons. The van der Waals surface area contributed by atoms with Crippen LogP contribution >= 0.6 is 0 Å². The van der Waals surface area contributed by atoms with Gasteiger partial charge in [0.25, 0.3) is 0 Å². The van der Waals surface area contributed by atoms with E-state index in [0.717, 1.165) is 51.4 Å². The van der Waals surface area contributed by atoms with Crippen molar-refractivity contribution in [2.45, 2.75) is 259 Å². The quantitative estimate of drug-likeness (QED) is 0.0381. The summed E-state index contributed by atoms with van der Waals surface area (Å²) in [5.74, 6) is -0.292. The summed E-state index contributed by atoms with van der Waals surface area (Å²) in [6.45, 7) is 9.12. The third-order valence-corrected chi connectivity index (χ3v) is 11.7. The summed E-state index contributed by atoms with van der Waals surface area (Å²) in [5.41, 5.74) is -1.20. The first-order valence-electron chi connectivity index (χ1n) is 21.8. The largest absolute Gasteiger partial charge is 0.392 e. The van der Waals surface area contributed by atoms with E-state index < -0.39 is 10.8 Å². The fourth-order valence-electron chi connectivity index (χ4n) is 8.53. The molecule has 1 rings (SSSR count). The first-order chi connectivity index (χ1) is 23.0. The van der Waals surface area contributed by atoms with Crippen molar-refractivity contribution < 1.29 is 14.3 Å². The average Bonchev–Trinajstić information content (AvgIpc) is 3.26. The van der Waals surface area contributed by atoms with Crippen molar-refractivity contribution >= 4 is 11.9 Å². The predicted octanol–water partition coefficient (Wildman–Crippen LogP) is 15.2. The van der Waals surface area contributed by atoms with Crippen LogP contribution in [0.2, 0.25) is 0 Å². The highest BCUT2D eigenvalue weighted by Gasteiger charge is 2.66. The molecular weight excluding hydrogens is 576 g/mol. The lowest BCUT2D eigenvalue weighted by Gasteiger charge is -2.41. The Balaban J connectivity index is 3.01. The van der Waals surface area contributed by atoms with Gasteiger partial charge in [0.15, 0.2) is 0 Å². The predicted molar refractivity (Wildman–Crippen MR) is 205 cm³/mol. The lowest BCUT2D eigenvalue weighted by molar-refractivity contribution is -0.156. The zero-order chi connectivity index (χ0) is 34.3. The molecule has 1 saturated heterocycles. The number of esters is 2. The Kier molecular flexibility index (Phi) is 28.2. The van der Waals surface area contributed by atoms with E-state index in [1.165, 1.54) is 180 Å². The molecule has 3 heteroatoms. The van der Waals surface area contributed by atoms with Gasteiger partial charge in [-0.1, -0.05) is 233 Å². The molecule has 0 aliphatic carbocycles. The zero-order valence-corrected chi connectivity index (χ0v) is 32.7. The highest BCUT2D eigenvalue weighted by molar-refractivity contribution is 6.01. The molecule has 0 aromatic carbocycles. The van der Waals surface area contributed by atoms with E-state index in [4.69, 9.17) is 4.74 Å². The molecule has 47 heavy (non-hydrogen) atoms. The number of carbonyl (C=O) groups is 2. The first kappa shape index (κ1) is 44.2. The summed E-state index contributed by atoms with van der Waals surface area (Å²) >= 11 is 0. The van der Waals surface area contributed by atoms with Gasteiger partial charge in [-0.25, -0.2) is 0 Å². The van der Waals surface area contributed by atoms with E-state index in [-0.39, 0.29) is 11.9 Å². The highest BCUT2D eigenvalue weighted by atomic mass is 16.6. The molecule has 1 aliphatic rings. The van der Waals surface area contributed by atoms with Gasteiger partial charge in [-0.2, -0.15) is 0 Å². The molecule has 3 nitrogen and oxygen atoms in total. The number of ether oxygens (including phenoxy) is 1. The maximum Gasteiger partial charge on any atom is 0.320 e. The minimum atomic E-state index is -0.600. The zero-order valence-electron chi connectivity index (χ0n) is 32.7. The summed E-state index contributed by atoms with van der Waals surface area (Å²) in [7, 11) is 0. The smallest absolute Gasteiger partial charge is 0.320 e. The maximum absolute atomic E-state index is 14.0. The van der Waals surface area contributed by atoms with E-state index >= 15 is 0 Å². The molecule has 278 valence electrons. The van der Waals surface area contributed by atoms with Crippen LogP contribution in [0.4, 0.5) is 0 Å². The third-order valence-electron chi connectivity index (χ3n) is 11.7. The molecule has 0 saturated carbocycles. The Bertz CT molecular complexity index is 628. The van der Waals surface area contributed by atoms with E-state index in [2.05, 4.69) is 27.7 Å². The summed E-state index contributed by atoms with van der Waals surface area (Å²) in [5, 5.41) is 0. The number of carbonyl (C=O) groups excluding carboxylic acids is 2. The van der Waals surface area contributed by atoms with Gasteiger partial charge in [-0.05, 0) is 25.7 Å². The molecular formula is C44H84O3. The van der Waals surface area contributed by atoms with Crippen LogP contribution in [0.15, 0.2) is 0 Å². The molecule has 0 atom stereocenters. The standard InChI is InChI=1S/C44H84O3/c1-5-9-13-17-21-25-29-33-37-43(38-34-30-26-22-18-14-10-6-2)41(45)47-42(46)44(43,39-35-31-27-23-19-15-11-7-3)40-36-32-28-24-20-16-12-8-4/h5-40H2,1-4H3. The molecule has 1 heterocycles. The summed E-state index contributed by atoms with van der Waals surface area (Å²) in [6.07, 6.45) is 43.9. The maximum atomic E-state index is 14.0. The average molecular weight is 661 g/mol. The normalized spacial score (nSPS) is 15.5. The van der Waals surface area contributed by atoms with Crippen molar-refractivity contribution in [3.63, 3.8) is 0 Å². The second-order valence-corrected chi connectivity index (χ2v) is 15.7. The van der Waals surface area contributed by atoms with Gasteiger partial charge < -0.3 is 4.74 Å². The summed E-state index contributed by atoms with van der Waals surface area (Å²) in [4.78, 5) is 28.1. The van der Waals surface area contributed by atoms with Gasteiger partial charge in [-0.15, -0.1) is 0 Å². The number of unbranched alkanes of at least 4 members (excludes halogenated alkanes) is 28.